The van der Waals surface area contributed by atoms with Crippen molar-refractivity contribution in [1.29, 1.82) is 0 Å². The third-order valence-corrected chi connectivity index (χ3v) is 4.09. The molecular formula is C8H14OS. The Kier molecular flexibility index (Phi) is 1.69. The molecule has 1 aliphatic heterocycles. The van der Waals surface area contributed by atoms with Gasteiger partial charge in [-0.05, 0) is 30.9 Å². The Bertz CT molecular complexity index is 125. The van der Waals surface area contributed by atoms with E-state index >= 15 is 0 Å². The Balaban J connectivity index is 1.98. The molecule has 2 heteroatoms. The van der Waals surface area contributed by atoms with Crippen molar-refractivity contribution < 1.29 is 5.11 Å². The molecule has 0 aromatic heterocycles. The molecular weight excluding hydrogens is 144 g/mol. The zero-order chi connectivity index (χ0) is 7.03. The highest BCUT2D eigenvalue weighted by molar-refractivity contribution is 7.99. The number of thioether (sulfide) groups is 1. The van der Waals surface area contributed by atoms with Crippen LogP contribution in [0.5, 0.6) is 0 Å². The van der Waals surface area contributed by atoms with Gasteiger partial charge in [-0.3, -0.25) is 0 Å². The average molecular weight is 158 g/mol. The molecule has 58 valence electrons. The maximum atomic E-state index is 9.99. The first-order chi connectivity index (χ1) is 4.81. The molecule has 1 nitrogen and oxygen atoms in total. The van der Waals surface area contributed by atoms with E-state index in [0.29, 0.717) is 5.92 Å². The van der Waals surface area contributed by atoms with Crippen LogP contribution in [0, 0.1) is 5.92 Å². The van der Waals surface area contributed by atoms with Gasteiger partial charge in [-0.1, -0.05) is 6.42 Å². The standard InChI is InChI=1S/C8H14OS/c9-8(4-5-10-6-8)7-2-1-3-7/h7,9H,1-6H2. The van der Waals surface area contributed by atoms with Crippen molar-refractivity contribution in [3.63, 3.8) is 0 Å². The van der Waals surface area contributed by atoms with Gasteiger partial charge in [0, 0.05) is 5.75 Å². The third kappa shape index (κ3) is 0.978. The molecule has 1 aliphatic carbocycles. The van der Waals surface area contributed by atoms with Crippen LogP contribution in [0.2, 0.25) is 0 Å². The molecule has 2 fully saturated rings. The summed E-state index contributed by atoms with van der Waals surface area (Å²) in [5, 5.41) is 9.99. The van der Waals surface area contributed by atoms with Crippen LogP contribution in [0.1, 0.15) is 25.7 Å². The van der Waals surface area contributed by atoms with Gasteiger partial charge in [0.2, 0.25) is 0 Å². The van der Waals surface area contributed by atoms with Crippen molar-refractivity contribution in [3.05, 3.63) is 0 Å². The molecule has 0 spiro atoms. The lowest BCUT2D eigenvalue weighted by Crippen LogP contribution is -2.41. The van der Waals surface area contributed by atoms with Gasteiger partial charge < -0.3 is 5.11 Å². The molecule has 2 aliphatic rings. The lowest BCUT2D eigenvalue weighted by molar-refractivity contribution is -0.0274. The molecule has 1 heterocycles. The van der Waals surface area contributed by atoms with Crippen LogP contribution in [0.4, 0.5) is 0 Å². The molecule has 1 N–H and O–H groups in total. The first-order valence-electron chi connectivity index (χ1n) is 4.11. The minimum absolute atomic E-state index is 0.247. The first kappa shape index (κ1) is 6.99. The monoisotopic (exact) mass is 158 g/mol. The zero-order valence-electron chi connectivity index (χ0n) is 6.18. The van der Waals surface area contributed by atoms with Crippen LogP contribution in [0.3, 0.4) is 0 Å². The number of aliphatic hydroxyl groups is 1. The van der Waals surface area contributed by atoms with E-state index in [1.807, 2.05) is 11.8 Å². The maximum Gasteiger partial charge on any atom is 0.0773 e. The van der Waals surface area contributed by atoms with E-state index in [-0.39, 0.29) is 5.60 Å². The van der Waals surface area contributed by atoms with Crippen molar-refractivity contribution in [2.24, 2.45) is 5.92 Å². The van der Waals surface area contributed by atoms with Gasteiger partial charge in [0.15, 0.2) is 0 Å². The van der Waals surface area contributed by atoms with Crippen LogP contribution >= 0.6 is 11.8 Å². The van der Waals surface area contributed by atoms with E-state index in [1.165, 1.54) is 25.0 Å². The SMILES string of the molecule is OC1(C2CCC2)CCSC1. The van der Waals surface area contributed by atoms with Crippen molar-refractivity contribution in [2.45, 2.75) is 31.3 Å². The second-order valence-electron chi connectivity index (χ2n) is 3.53. The molecule has 0 radical (unpaired) electrons. The smallest absolute Gasteiger partial charge is 0.0773 e. The van der Waals surface area contributed by atoms with Gasteiger partial charge in [-0.2, -0.15) is 11.8 Å². The lowest BCUT2D eigenvalue weighted by atomic mass is 9.73. The Morgan fingerprint density at radius 1 is 1.40 bits per heavy atom. The van der Waals surface area contributed by atoms with Gasteiger partial charge in [-0.15, -0.1) is 0 Å². The van der Waals surface area contributed by atoms with Crippen LogP contribution in [-0.4, -0.2) is 22.2 Å². The highest BCUT2D eigenvalue weighted by Gasteiger charge is 2.42. The quantitative estimate of drug-likeness (QED) is 0.626. The van der Waals surface area contributed by atoms with Crippen LogP contribution in [0.15, 0.2) is 0 Å². The van der Waals surface area contributed by atoms with Gasteiger partial charge in [0.1, 0.15) is 0 Å². The fourth-order valence-corrected chi connectivity index (χ4v) is 3.21. The fourth-order valence-electron chi connectivity index (χ4n) is 1.84. The molecule has 0 amide bonds. The summed E-state index contributed by atoms with van der Waals surface area (Å²) in [6.45, 7) is 0. The van der Waals surface area contributed by atoms with Gasteiger partial charge in [-0.25, -0.2) is 0 Å². The predicted molar refractivity (Wildman–Crippen MR) is 44.2 cm³/mol. The Morgan fingerprint density at radius 3 is 2.60 bits per heavy atom. The molecule has 0 aromatic carbocycles. The number of rotatable bonds is 1. The molecule has 1 saturated heterocycles. The largest absolute Gasteiger partial charge is 0.389 e. The minimum atomic E-state index is -0.247. The Hall–Kier alpha value is 0.310. The molecule has 2 rings (SSSR count). The maximum absolute atomic E-state index is 9.99. The van der Waals surface area contributed by atoms with Crippen molar-refractivity contribution in [3.8, 4) is 0 Å². The molecule has 10 heavy (non-hydrogen) atoms. The average Bonchev–Trinajstić information content (AvgIpc) is 2.09. The second kappa shape index (κ2) is 2.42. The number of hydrogen-bond donors (Lipinski definition) is 1. The van der Waals surface area contributed by atoms with E-state index in [4.69, 9.17) is 0 Å². The zero-order valence-corrected chi connectivity index (χ0v) is 6.99. The summed E-state index contributed by atoms with van der Waals surface area (Å²) < 4.78 is 0. The Morgan fingerprint density at radius 2 is 2.20 bits per heavy atom. The summed E-state index contributed by atoms with van der Waals surface area (Å²) in [6, 6.07) is 0. The second-order valence-corrected chi connectivity index (χ2v) is 4.64. The predicted octanol–water partition coefficient (Wildman–Crippen LogP) is 1.65. The highest BCUT2D eigenvalue weighted by atomic mass is 32.2. The van der Waals surface area contributed by atoms with E-state index in [2.05, 4.69) is 0 Å². The summed E-state index contributed by atoms with van der Waals surface area (Å²) in [5.74, 6) is 2.83. The summed E-state index contributed by atoms with van der Waals surface area (Å²) in [6.07, 6.45) is 4.94. The summed E-state index contributed by atoms with van der Waals surface area (Å²) in [4.78, 5) is 0. The first-order valence-corrected chi connectivity index (χ1v) is 5.27. The molecule has 1 atom stereocenters. The third-order valence-electron chi connectivity index (χ3n) is 2.90. The lowest BCUT2D eigenvalue weighted by Gasteiger charge is -2.38. The minimum Gasteiger partial charge on any atom is -0.389 e. The normalized spacial score (nSPS) is 41.7. The van der Waals surface area contributed by atoms with Gasteiger partial charge in [0.05, 0.1) is 5.60 Å². The van der Waals surface area contributed by atoms with Crippen molar-refractivity contribution >= 4 is 11.8 Å². The molecule has 1 saturated carbocycles. The van der Waals surface area contributed by atoms with Crippen molar-refractivity contribution in [2.75, 3.05) is 11.5 Å². The topological polar surface area (TPSA) is 20.2 Å². The summed E-state index contributed by atoms with van der Waals surface area (Å²) >= 11 is 1.91. The van der Waals surface area contributed by atoms with E-state index in [9.17, 15) is 5.11 Å². The summed E-state index contributed by atoms with van der Waals surface area (Å²) in [5.41, 5.74) is -0.247. The van der Waals surface area contributed by atoms with Crippen LogP contribution < -0.4 is 0 Å². The molecule has 0 bridgehead atoms. The Labute approximate surface area is 66.2 Å². The van der Waals surface area contributed by atoms with Gasteiger partial charge >= 0.3 is 0 Å². The van der Waals surface area contributed by atoms with Gasteiger partial charge in [0.25, 0.3) is 0 Å². The fraction of sp³-hybridized carbons (Fsp3) is 1.00. The number of hydrogen-bond acceptors (Lipinski definition) is 2. The highest BCUT2D eigenvalue weighted by Crippen LogP contribution is 2.43. The van der Waals surface area contributed by atoms with E-state index in [0.717, 1.165) is 12.2 Å². The summed E-state index contributed by atoms with van der Waals surface area (Å²) in [7, 11) is 0. The van der Waals surface area contributed by atoms with Crippen LogP contribution in [0.25, 0.3) is 0 Å². The molecule has 1 unspecified atom stereocenters. The molecule has 0 aromatic rings. The van der Waals surface area contributed by atoms with Crippen molar-refractivity contribution in [1.82, 2.24) is 0 Å². The van der Waals surface area contributed by atoms with Crippen LogP contribution in [-0.2, 0) is 0 Å². The van der Waals surface area contributed by atoms with E-state index < -0.39 is 0 Å². The van der Waals surface area contributed by atoms with E-state index in [1.54, 1.807) is 0 Å².